The predicted molar refractivity (Wildman–Crippen MR) is 103 cm³/mol. The first kappa shape index (κ1) is 20.6. The second-order valence-electron chi connectivity index (χ2n) is 6.56. The molecule has 1 aromatic heterocycles. The first-order chi connectivity index (χ1) is 12.7. The molecule has 0 atom stereocenters. The highest BCUT2D eigenvalue weighted by Gasteiger charge is 2.22. The topological polar surface area (TPSA) is 110 Å². The van der Waals surface area contributed by atoms with Gasteiger partial charge >= 0.3 is 12.0 Å². The fourth-order valence-electron chi connectivity index (χ4n) is 2.58. The van der Waals surface area contributed by atoms with Gasteiger partial charge in [-0.15, -0.1) is 0 Å². The van der Waals surface area contributed by atoms with Gasteiger partial charge in [0, 0.05) is 11.9 Å². The van der Waals surface area contributed by atoms with Crippen LogP contribution in [0.25, 0.3) is 0 Å². The average molecular weight is 392 g/mol. The number of nitrogens with zero attached hydrogens (tertiary/aromatic N) is 2. The molecule has 0 aliphatic carbocycles. The lowest BCUT2D eigenvalue weighted by Crippen LogP contribution is -2.35. The number of sulfonamides is 1. The van der Waals surface area contributed by atoms with Gasteiger partial charge < -0.3 is 10.1 Å². The summed E-state index contributed by atoms with van der Waals surface area (Å²) in [6.07, 6.45) is 1.24. The highest BCUT2D eigenvalue weighted by atomic mass is 32.2. The van der Waals surface area contributed by atoms with E-state index in [1.807, 2.05) is 50.6 Å². The van der Waals surface area contributed by atoms with Crippen LogP contribution < -0.4 is 14.8 Å². The molecule has 8 nitrogen and oxygen atoms in total. The number of para-hydroxylation sites is 1. The Morgan fingerprint density at radius 2 is 1.67 bits per heavy atom. The quantitative estimate of drug-likeness (QED) is 0.730. The number of urea groups is 1. The summed E-state index contributed by atoms with van der Waals surface area (Å²) in [4.78, 5) is 19.9. The maximum Gasteiger partial charge on any atom is 0.333 e. The Morgan fingerprint density at radius 3 is 2.19 bits per heavy atom. The molecule has 0 spiro atoms. The van der Waals surface area contributed by atoms with E-state index in [-0.39, 0.29) is 22.9 Å². The number of hydrogen-bond donors (Lipinski definition) is 2. The maximum atomic E-state index is 12.4. The molecule has 2 aromatic rings. The Hall–Kier alpha value is -2.68. The fourth-order valence-corrected chi connectivity index (χ4v) is 3.42. The van der Waals surface area contributed by atoms with Gasteiger partial charge in [-0.25, -0.2) is 14.5 Å². The highest BCUT2D eigenvalue weighted by Crippen LogP contribution is 2.32. The zero-order valence-electron chi connectivity index (χ0n) is 16.0. The molecule has 1 heterocycles. The van der Waals surface area contributed by atoms with Crippen molar-refractivity contribution in [3.05, 3.63) is 41.6 Å². The lowest BCUT2D eigenvalue weighted by Gasteiger charge is -2.20. The first-order valence-electron chi connectivity index (χ1n) is 8.49. The molecule has 9 heteroatoms. The van der Waals surface area contributed by atoms with Crippen LogP contribution >= 0.6 is 0 Å². The lowest BCUT2D eigenvalue weighted by atomic mass is 9.93. The number of hydrogen-bond acceptors (Lipinski definition) is 6. The largest absolute Gasteiger partial charge is 0.467 e. The van der Waals surface area contributed by atoms with E-state index in [4.69, 9.17) is 4.74 Å². The van der Waals surface area contributed by atoms with Crippen molar-refractivity contribution in [2.45, 2.75) is 44.6 Å². The number of aromatic nitrogens is 2. The van der Waals surface area contributed by atoms with Gasteiger partial charge in [-0.3, -0.25) is 0 Å². The van der Waals surface area contributed by atoms with Crippen LogP contribution in [0, 0.1) is 0 Å². The number of benzene rings is 1. The minimum atomic E-state index is -4.17. The van der Waals surface area contributed by atoms with Gasteiger partial charge in [-0.2, -0.15) is 13.4 Å². The number of methoxy groups -OCH3 is 1. The highest BCUT2D eigenvalue weighted by molar-refractivity contribution is 7.90. The van der Waals surface area contributed by atoms with Crippen molar-refractivity contribution in [1.82, 2.24) is 14.7 Å². The lowest BCUT2D eigenvalue weighted by molar-refractivity contribution is 0.256. The Bertz CT molecular complexity index is 900. The summed E-state index contributed by atoms with van der Waals surface area (Å²) in [6, 6.07) is 5.97. The molecule has 0 bridgehead atoms. The number of carbonyl (C=O) groups is 1. The SMILES string of the molecule is COc1nccc(S(=O)(=O)NC(=O)Nc2c(C(C)C)cccc2C(C)C)n1. The van der Waals surface area contributed by atoms with Crippen LogP contribution in [0.1, 0.15) is 50.7 Å². The minimum absolute atomic E-state index is 0.106. The molecule has 0 aliphatic heterocycles. The summed E-state index contributed by atoms with van der Waals surface area (Å²) < 4.78 is 31.6. The van der Waals surface area contributed by atoms with Crippen LogP contribution in [-0.2, 0) is 10.0 Å². The molecule has 0 unspecified atom stereocenters. The Balaban J connectivity index is 2.30. The van der Waals surface area contributed by atoms with Gasteiger partial charge in [0.1, 0.15) is 0 Å². The minimum Gasteiger partial charge on any atom is -0.467 e. The molecule has 0 saturated carbocycles. The van der Waals surface area contributed by atoms with E-state index in [9.17, 15) is 13.2 Å². The van der Waals surface area contributed by atoms with Crippen LogP contribution in [0.15, 0.2) is 35.5 Å². The number of amides is 2. The third kappa shape index (κ3) is 4.94. The van der Waals surface area contributed by atoms with Gasteiger partial charge in [0.05, 0.1) is 7.11 Å². The fraction of sp³-hybridized carbons (Fsp3) is 0.389. The van der Waals surface area contributed by atoms with Crippen molar-refractivity contribution in [3.63, 3.8) is 0 Å². The molecule has 0 saturated heterocycles. The third-order valence-corrected chi connectivity index (χ3v) is 5.14. The Kier molecular flexibility index (Phi) is 6.37. The molecule has 0 aliphatic rings. The molecule has 27 heavy (non-hydrogen) atoms. The molecular weight excluding hydrogens is 368 g/mol. The summed E-state index contributed by atoms with van der Waals surface area (Å²) in [5, 5.41) is 2.34. The van der Waals surface area contributed by atoms with Crippen molar-refractivity contribution in [2.24, 2.45) is 0 Å². The predicted octanol–water partition coefficient (Wildman–Crippen LogP) is 3.24. The van der Waals surface area contributed by atoms with Crippen LogP contribution in [0.5, 0.6) is 6.01 Å². The van der Waals surface area contributed by atoms with Crippen molar-refractivity contribution in [2.75, 3.05) is 12.4 Å². The number of nitrogens with one attached hydrogen (secondary N) is 2. The van der Waals surface area contributed by atoms with Gasteiger partial charge in [0.25, 0.3) is 10.0 Å². The van der Waals surface area contributed by atoms with E-state index in [1.165, 1.54) is 19.4 Å². The Morgan fingerprint density at radius 1 is 1.07 bits per heavy atom. The number of rotatable bonds is 6. The molecule has 0 radical (unpaired) electrons. The van der Waals surface area contributed by atoms with Crippen molar-refractivity contribution >= 4 is 21.7 Å². The van der Waals surface area contributed by atoms with Gasteiger partial charge in [-0.05, 0) is 29.0 Å². The van der Waals surface area contributed by atoms with E-state index < -0.39 is 16.1 Å². The number of carbonyl (C=O) groups excluding carboxylic acids is 1. The van der Waals surface area contributed by atoms with E-state index in [0.717, 1.165) is 11.1 Å². The van der Waals surface area contributed by atoms with E-state index >= 15 is 0 Å². The van der Waals surface area contributed by atoms with Crippen LogP contribution in [-0.4, -0.2) is 31.5 Å². The normalized spacial score (nSPS) is 11.5. The second-order valence-corrected chi connectivity index (χ2v) is 8.19. The van der Waals surface area contributed by atoms with Gasteiger partial charge in [0.2, 0.25) is 0 Å². The average Bonchev–Trinajstić information content (AvgIpc) is 2.61. The summed E-state index contributed by atoms with van der Waals surface area (Å²) in [5.74, 6) is 0.309. The molecule has 2 N–H and O–H groups in total. The molecule has 146 valence electrons. The summed E-state index contributed by atoms with van der Waals surface area (Å²) in [5.41, 5.74) is 2.48. The zero-order chi connectivity index (χ0) is 20.2. The van der Waals surface area contributed by atoms with E-state index in [2.05, 4.69) is 15.3 Å². The first-order valence-corrected chi connectivity index (χ1v) is 9.97. The standard InChI is InChI=1S/C18H24N4O4S/c1-11(2)13-7-6-8-14(12(3)4)16(13)21-17(23)22-27(24,25)15-9-10-19-18(20-15)26-5/h6-12H,1-5H3,(H2,21,22,23). The Labute approximate surface area is 159 Å². The molecule has 2 amide bonds. The summed E-state index contributed by atoms with van der Waals surface area (Å²) in [6.45, 7) is 8.03. The maximum absolute atomic E-state index is 12.4. The van der Waals surface area contributed by atoms with Crippen molar-refractivity contribution in [3.8, 4) is 6.01 Å². The van der Waals surface area contributed by atoms with E-state index in [0.29, 0.717) is 5.69 Å². The summed E-state index contributed by atoms with van der Waals surface area (Å²) >= 11 is 0. The van der Waals surface area contributed by atoms with E-state index in [1.54, 1.807) is 0 Å². The smallest absolute Gasteiger partial charge is 0.333 e. The number of anilines is 1. The van der Waals surface area contributed by atoms with Gasteiger partial charge in [-0.1, -0.05) is 45.9 Å². The third-order valence-electron chi connectivity index (χ3n) is 3.90. The molecule has 0 fully saturated rings. The van der Waals surface area contributed by atoms with Crippen LogP contribution in [0.4, 0.5) is 10.5 Å². The van der Waals surface area contributed by atoms with Crippen molar-refractivity contribution in [1.29, 1.82) is 0 Å². The van der Waals surface area contributed by atoms with Crippen molar-refractivity contribution < 1.29 is 17.9 Å². The molecule has 2 rings (SSSR count). The summed E-state index contributed by atoms with van der Waals surface area (Å²) in [7, 11) is -2.85. The van der Waals surface area contributed by atoms with Crippen LogP contribution in [0.2, 0.25) is 0 Å². The number of ether oxygens (including phenoxy) is 1. The molecule has 1 aromatic carbocycles. The second kappa shape index (κ2) is 8.34. The van der Waals surface area contributed by atoms with Gasteiger partial charge in [0.15, 0.2) is 5.03 Å². The molecular formula is C18H24N4O4S. The zero-order valence-corrected chi connectivity index (χ0v) is 16.8. The van der Waals surface area contributed by atoms with Crippen LogP contribution in [0.3, 0.4) is 0 Å². The monoisotopic (exact) mass is 392 g/mol.